The maximum absolute atomic E-state index is 12.5. The first-order chi connectivity index (χ1) is 12.2. The number of hydrogen-bond acceptors (Lipinski definition) is 4. The van der Waals surface area contributed by atoms with Crippen LogP contribution >= 0.6 is 0 Å². The molecule has 2 aliphatic heterocycles. The van der Waals surface area contributed by atoms with Crippen LogP contribution < -0.4 is 0 Å². The van der Waals surface area contributed by atoms with E-state index in [1.165, 1.54) is 18.4 Å². The van der Waals surface area contributed by atoms with Gasteiger partial charge < -0.3 is 4.90 Å². The van der Waals surface area contributed by atoms with Crippen molar-refractivity contribution >= 4 is 5.91 Å². The molecule has 0 bridgehead atoms. The van der Waals surface area contributed by atoms with Crippen LogP contribution in [-0.4, -0.2) is 71.4 Å². The van der Waals surface area contributed by atoms with Gasteiger partial charge in [0.05, 0.1) is 5.92 Å². The predicted octanol–water partition coefficient (Wildman–Crippen LogP) is 2.24. The summed E-state index contributed by atoms with van der Waals surface area (Å²) in [7, 11) is 1.93. The highest BCUT2D eigenvalue weighted by Gasteiger charge is 2.32. The minimum Gasteiger partial charge on any atom is -0.346 e. The predicted molar refractivity (Wildman–Crippen MR) is 100 cm³/mol. The normalized spacial score (nSPS) is 23.5. The zero-order valence-corrected chi connectivity index (χ0v) is 15.7. The van der Waals surface area contributed by atoms with E-state index in [1.807, 2.05) is 24.3 Å². The second-order valence-electron chi connectivity index (χ2n) is 7.55. The van der Waals surface area contributed by atoms with Gasteiger partial charge in [-0.15, -0.1) is 0 Å². The molecule has 1 aromatic heterocycles. The fourth-order valence-corrected chi connectivity index (χ4v) is 4.20. The molecule has 1 amide bonds. The maximum atomic E-state index is 12.5. The van der Waals surface area contributed by atoms with Crippen molar-refractivity contribution in [3.63, 3.8) is 0 Å². The second-order valence-corrected chi connectivity index (χ2v) is 7.55. The van der Waals surface area contributed by atoms with E-state index in [0.29, 0.717) is 11.9 Å². The van der Waals surface area contributed by atoms with Gasteiger partial charge >= 0.3 is 0 Å². The number of hydrogen-bond donors (Lipinski definition) is 0. The molecule has 2 fully saturated rings. The summed E-state index contributed by atoms with van der Waals surface area (Å²) in [5, 5.41) is 0. The highest BCUT2D eigenvalue weighted by Crippen LogP contribution is 2.25. The van der Waals surface area contributed by atoms with Crippen molar-refractivity contribution in [2.75, 3.05) is 39.8 Å². The van der Waals surface area contributed by atoms with Crippen LogP contribution in [0.1, 0.15) is 38.2 Å². The molecule has 2 saturated heterocycles. The molecular formula is C20H32N4O. The number of aromatic nitrogens is 1. The maximum Gasteiger partial charge on any atom is 0.226 e. The molecule has 3 rings (SSSR count). The summed E-state index contributed by atoms with van der Waals surface area (Å²) >= 11 is 0. The van der Waals surface area contributed by atoms with Crippen molar-refractivity contribution < 1.29 is 4.79 Å². The standard InChI is InChI=1S/C20H32N4O/c1-3-22(2)20(25)18-5-4-12-24(16-18)19-8-13-23(14-9-19)15-17-6-10-21-11-7-17/h6-7,10-11,18-19H,3-5,8-9,12-16H2,1-2H3/t18-/m0/s1. The molecule has 0 unspecified atom stereocenters. The van der Waals surface area contributed by atoms with Gasteiger partial charge in [0.1, 0.15) is 0 Å². The molecule has 2 aliphatic rings. The van der Waals surface area contributed by atoms with E-state index in [0.717, 1.165) is 52.1 Å². The fraction of sp³-hybridized carbons (Fsp3) is 0.700. The van der Waals surface area contributed by atoms with E-state index in [4.69, 9.17) is 0 Å². The quantitative estimate of drug-likeness (QED) is 0.821. The van der Waals surface area contributed by atoms with Crippen molar-refractivity contribution in [1.82, 2.24) is 19.7 Å². The van der Waals surface area contributed by atoms with Crippen LogP contribution in [0.3, 0.4) is 0 Å². The highest BCUT2D eigenvalue weighted by atomic mass is 16.2. The summed E-state index contributed by atoms with van der Waals surface area (Å²) in [4.78, 5) is 23.6. The Hall–Kier alpha value is -1.46. The lowest BCUT2D eigenvalue weighted by molar-refractivity contribution is -0.136. The smallest absolute Gasteiger partial charge is 0.226 e. The molecule has 0 spiro atoms. The van der Waals surface area contributed by atoms with Crippen LogP contribution in [0.4, 0.5) is 0 Å². The van der Waals surface area contributed by atoms with Crippen LogP contribution in [0.15, 0.2) is 24.5 Å². The topological polar surface area (TPSA) is 39.7 Å². The molecule has 5 nitrogen and oxygen atoms in total. The van der Waals surface area contributed by atoms with Crippen molar-refractivity contribution in [3.8, 4) is 0 Å². The number of piperidine rings is 2. The first-order valence-corrected chi connectivity index (χ1v) is 9.77. The third kappa shape index (κ3) is 4.79. The Morgan fingerprint density at radius 3 is 2.60 bits per heavy atom. The Kier molecular flexibility index (Phi) is 6.43. The zero-order valence-electron chi connectivity index (χ0n) is 15.7. The molecule has 138 valence electrons. The summed E-state index contributed by atoms with van der Waals surface area (Å²) in [5.41, 5.74) is 1.35. The minimum absolute atomic E-state index is 0.202. The lowest BCUT2D eigenvalue weighted by Crippen LogP contribution is -2.50. The first-order valence-electron chi connectivity index (χ1n) is 9.77. The summed E-state index contributed by atoms with van der Waals surface area (Å²) in [6.07, 6.45) is 8.40. The summed E-state index contributed by atoms with van der Waals surface area (Å²) in [5.74, 6) is 0.538. The zero-order chi connectivity index (χ0) is 17.6. The average molecular weight is 345 g/mol. The molecular weight excluding hydrogens is 312 g/mol. The highest BCUT2D eigenvalue weighted by molar-refractivity contribution is 5.78. The Bertz CT molecular complexity index is 542. The van der Waals surface area contributed by atoms with E-state index in [-0.39, 0.29) is 5.92 Å². The lowest BCUT2D eigenvalue weighted by Gasteiger charge is -2.42. The third-order valence-electron chi connectivity index (χ3n) is 5.88. The van der Waals surface area contributed by atoms with E-state index in [9.17, 15) is 4.79 Å². The summed E-state index contributed by atoms with van der Waals surface area (Å²) in [6.45, 7) is 8.30. The van der Waals surface area contributed by atoms with Gasteiger partial charge in [-0.3, -0.25) is 19.6 Å². The largest absolute Gasteiger partial charge is 0.346 e. The molecule has 0 saturated carbocycles. The molecule has 0 aromatic carbocycles. The lowest BCUT2D eigenvalue weighted by atomic mass is 9.93. The van der Waals surface area contributed by atoms with Crippen molar-refractivity contribution in [1.29, 1.82) is 0 Å². The number of carbonyl (C=O) groups excluding carboxylic acids is 1. The molecule has 5 heteroatoms. The van der Waals surface area contributed by atoms with Gasteiger partial charge in [-0.2, -0.15) is 0 Å². The van der Waals surface area contributed by atoms with Gasteiger partial charge in [0.2, 0.25) is 5.91 Å². The number of nitrogens with zero attached hydrogens (tertiary/aromatic N) is 4. The van der Waals surface area contributed by atoms with E-state index in [1.54, 1.807) is 0 Å². The van der Waals surface area contributed by atoms with Crippen LogP contribution in [-0.2, 0) is 11.3 Å². The van der Waals surface area contributed by atoms with Crippen LogP contribution in [0, 0.1) is 5.92 Å². The Morgan fingerprint density at radius 2 is 1.92 bits per heavy atom. The van der Waals surface area contributed by atoms with Gasteiger partial charge in [0.15, 0.2) is 0 Å². The molecule has 1 atom stereocenters. The van der Waals surface area contributed by atoms with Crippen molar-refractivity contribution in [2.45, 2.75) is 45.2 Å². The monoisotopic (exact) mass is 344 g/mol. The van der Waals surface area contributed by atoms with Gasteiger partial charge in [0.25, 0.3) is 0 Å². The van der Waals surface area contributed by atoms with Crippen LogP contribution in [0.2, 0.25) is 0 Å². The van der Waals surface area contributed by atoms with E-state index >= 15 is 0 Å². The van der Waals surface area contributed by atoms with Crippen LogP contribution in [0.25, 0.3) is 0 Å². The summed E-state index contributed by atoms with van der Waals surface area (Å²) < 4.78 is 0. The average Bonchev–Trinajstić information content (AvgIpc) is 2.68. The SMILES string of the molecule is CCN(C)C(=O)[C@H]1CCCN(C2CCN(Cc3ccncc3)CC2)C1. The third-order valence-corrected chi connectivity index (χ3v) is 5.88. The number of pyridine rings is 1. The van der Waals surface area contributed by atoms with E-state index < -0.39 is 0 Å². The minimum atomic E-state index is 0.202. The number of rotatable bonds is 5. The fourth-order valence-electron chi connectivity index (χ4n) is 4.20. The summed E-state index contributed by atoms with van der Waals surface area (Å²) in [6, 6.07) is 4.87. The van der Waals surface area contributed by atoms with Gasteiger partial charge in [0, 0.05) is 45.1 Å². The Labute approximate surface area is 152 Å². The molecule has 3 heterocycles. The van der Waals surface area contributed by atoms with Crippen molar-refractivity contribution in [2.24, 2.45) is 5.92 Å². The molecule has 1 aromatic rings. The van der Waals surface area contributed by atoms with Gasteiger partial charge in [-0.1, -0.05) is 0 Å². The Balaban J connectivity index is 1.48. The molecule has 25 heavy (non-hydrogen) atoms. The number of amides is 1. The van der Waals surface area contributed by atoms with Crippen molar-refractivity contribution in [3.05, 3.63) is 30.1 Å². The van der Waals surface area contributed by atoms with Gasteiger partial charge in [-0.25, -0.2) is 0 Å². The molecule has 0 aliphatic carbocycles. The second kappa shape index (κ2) is 8.77. The van der Waals surface area contributed by atoms with Gasteiger partial charge in [-0.05, 0) is 69.9 Å². The molecule has 0 N–H and O–H groups in total. The number of carbonyl (C=O) groups is 1. The Morgan fingerprint density at radius 1 is 1.20 bits per heavy atom. The van der Waals surface area contributed by atoms with E-state index in [2.05, 4.69) is 33.8 Å². The number of likely N-dealkylation sites (tertiary alicyclic amines) is 2. The van der Waals surface area contributed by atoms with Crippen LogP contribution in [0.5, 0.6) is 0 Å². The molecule has 0 radical (unpaired) electrons. The first kappa shape index (κ1) is 18.3.